The largest absolute Gasteiger partial charge is 0.345 e. The predicted octanol–water partition coefficient (Wildman–Crippen LogP) is -1.29. The second-order valence-electron chi connectivity index (χ2n) is 3.36. The molecule has 0 aliphatic carbocycles. The molecule has 0 bridgehead atoms. The van der Waals surface area contributed by atoms with Crippen LogP contribution < -0.4 is 5.32 Å². The number of carbonyl (C=O) groups excluding carboxylic acids is 2. The van der Waals surface area contributed by atoms with Gasteiger partial charge in [0.2, 0.25) is 11.8 Å². The van der Waals surface area contributed by atoms with Crippen molar-refractivity contribution in [2.45, 2.75) is 12.2 Å². The highest BCUT2D eigenvalue weighted by molar-refractivity contribution is 7.84. The van der Waals surface area contributed by atoms with Crippen molar-refractivity contribution in [3.63, 3.8) is 0 Å². The topological polar surface area (TPSA) is 66.5 Å². The van der Waals surface area contributed by atoms with Crippen molar-refractivity contribution in [1.82, 2.24) is 10.2 Å². The zero-order valence-corrected chi connectivity index (χ0v) is 9.10. The number of amides is 2. The maximum Gasteiger partial charge on any atom is 0.242 e. The van der Waals surface area contributed by atoms with Crippen LogP contribution in [-0.2, 0) is 20.4 Å². The number of hydrogen-bond acceptors (Lipinski definition) is 3. The van der Waals surface area contributed by atoms with Gasteiger partial charge in [-0.05, 0) is 6.92 Å². The van der Waals surface area contributed by atoms with Crippen LogP contribution in [0.3, 0.4) is 0 Å². The Morgan fingerprint density at radius 2 is 2.21 bits per heavy atom. The molecule has 5 nitrogen and oxygen atoms in total. The first kappa shape index (κ1) is 11.2. The fourth-order valence-corrected chi connectivity index (χ4v) is 1.57. The van der Waals surface area contributed by atoms with E-state index in [1.54, 1.807) is 13.2 Å². The molecule has 0 radical (unpaired) electrons. The number of hydrogen-bond donors (Lipinski definition) is 1. The summed E-state index contributed by atoms with van der Waals surface area (Å²) in [5, 5.41) is 2.37. The first-order valence-electron chi connectivity index (χ1n) is 4.37. The van der Waals surface area contributed by atoms with Gasteiger partial charge in [-0.25, -0.2) is 0 Å². The molecule has 14 heavy (non-hydrogen) atoms. The molecule has 80 valence electrons. The van der Waals surface area contributed by atoms with Crippen molar-refractivity contribution in [2.75, 3.05) is 25.9 Å². The molecule has 1 fully saturated rings. The number of carbonyl (C=O) groups is 2. The van der Waals surface area contributed by atoms with E-state index in [0.717, 1.165) is 0 Å². The van der Waals surface area contributed by atoms with E-state index in [1.165, 1.54) is 4.90 Å². The summed E-state index contributed by atoms with van der Waals surface area (Å²) in [5.74, 6) is -0.263. The fraction of sp³-hybridized carbons (Fsp3) is 0.750. The standard InChI is InChI=1S/C8H14N2O3S/c1-6(14(2)13)4-10-5-7(11)9-3-8(10)12/h6H,3-5H2,1-2H3,(H,9,11). The van der Waals surface area contributed by atoms with E-state index in [-0.39, 0.29) is 30.2 Å². The molecule has 2 atom stereocenters. The maximum atomic E-state index is 11.3. The van der Waals surface area contributed by atoms with Crippen molar-refractivity contribution in [3.8, 4) is 0 Å². The van der Waals surface area contributed by atoms with Gasteiger partial charge in [0, 0.05) is 28.9 Å². The quantitative estimate of drug-likeness (QED) is 0.641. The molecule has 1 rings (SSSR count). The van der Waals surface area contributed by atoms with Crippen molar-refractivity contribution < 1.29 is 13.8 Å². The highest BCUT2D eigenvalue weighted by Crippen LogP contribution is 2.01. The third-order valence-corrected chi connectivity index (χ3v) is 3.45. The van der Waals surface area contributed by atoms with Crippen molar-refractivity contribution in [3.05, 3.63) is 0 Å². The van der Waals surface area contributed by atoms with E-state index >= 15 is 0 Å². The highest BCUT2D eigenvalue weighted by Gasteiger charge is 2.24. The maximum absolute atomic E-state index is 11.3. The van der Waals surface area contributed by atoms with Gasteiger partial charge >= 0.3 is 0 Å². The molecule has 2 amide bonds. The lowest BCUT2D eigenvalue weighted by atomic mass is 10.3. The van der Waals surface area contributed by atoms with Crippen LogP contribution in [0.15, 0.2) is 0 Å². The summed E-state index contributed by atoms with van der Waals surface area (Å²) in [6, 6.07) is 0. The summed E-state index contributed by atoms with van der Waals surface area (Å²) in [6.45, 7) is 2.33. The average molecular weight is 218 g/mol. The van der Waals surface area contributed by atoms with Crippen molar-refractivity contribution in [1.29, 1.82) is 0 Å². The van der Waals surface area contributed by atoms with Crippen LogP contribution in [-0.4, -0.2) is 52.1 Å². The molecule has 0 aromatic heterocycles. The van der Waals surface area contributed by atoms with Gasteiger partial charge in [0.1, 0.15) is 0 Å². The molecule has 0 spiro atoms. The summed E-state index contributed by atoms with van der Waals surface area (Å²) in [6.07, 6.45) is 1.60. The van der Waals surface area contributed by atoms with Crippen molar-refractivity contribution >= 4 is 22.6 Å². The van der Waals surface area contributed by atoms with E-state index < -0.39 is 10.8 Å². The van der Waals surface area contributed by atoms with Gasteiger partial charge in [0.05, 0.1) is 13.1 Å². The summed E-state index contributed by atoms with van der Waals surface area (Å²) >= 11 is 0. The third kappa shape index (κ3) is 2.80. The van der Waals surface area contributed by atoms with Crippen LogP contribution >= 0.6 is 0 Å². The van der Waals surface area contributed by atoms with Gasteiger partial charge in [-0.1, -0.05) is 0 Å². The molecule has 0 saturated carbocycles. The highest BCUT2D eigenvalue weighted by atomic mass is 32.2. The van der Waals surface area contributed by atoms with E-state index in [2.05, 4.69) is 5.32 Å². The Labute approximate surface area is 85.3 Å². The Morgan fingerprint density at radius 1 is 1.57 bits per heavy atom. The minimum atomic E-state index is -0.964. The number of nitrogens with one attached hydrogen (secondary N) is 1. The number of nitrogens with zero attached hydrogens (tertiary/aromatic N) is 1. The Hall–Kier alpha value is -0.910. The van der Waals surface area contributed by atoms with Crippen molar-refractivity contribution in [2.24, 2.45) is 0 Å². The Kier molecular flexibility index (Phi) is 3.62. The molecule has 1 aliphatic heterocycles. The molecule has 0 aromatic rings. The van der Waals surface area contributed by atoms with Crippen LogP contribution in [0.5, 0.6) is 0 Å². The molecule has 1 heterocycles. The molecule has 1 aliphatic rings. The SMILES string of the molecule is CC(CN1CC(=O)NCC1=O)S(C)=O. The molecule has 1 N–H and O–H groups in total. The monoisotopic (exact) mass is 218 g/mol. The summed E-state index contributed by atoms with van der Waals surface area (Å²) in [5.41, 5.74) is 0. The van der Waals surface area contributed by atoms with Gasteiger partial charge in [-0.15, -0.1) is 0 Å². The average Bonchev–Trinajstić information content (AvgIpc) is 2.11. The zero-order valence-electron chi connectivity index (χ0n) is 8.28. The molecular formula is C8H14N2O3S. The van der Waals surface area contributed by atoms with E-state index in [0.29, 0.717) is 6.54 Å². The molecule has 2 unspecified atom stereocenters. The van der Waals surface area contributed by atoms with Crippen LogP contribution in [0.1, 0.15) is 6.92 Å². The van der Waals surface area contributed by atoms with Gasteiger partial charge < -0.3 is 10.2 Å². The summed E-state index contributed by atoms with van der Waals surface area (Å²) < 4.78 is 11.1. The molecule has 0 aromatic carbocycles. The van der Waals surface area contributed by atoms with E-state index in [9.17, 15) is 13.8 Å². The summed E-state index contributed by atoms with van der Waals surface area (Å²) in [4.78, 5) is 23.7. The smallest absolute Gasteiger partial charge is 0.242 e. The van der Waals surface area contributed by atoms with Gasteiger partial charge in [0.15, 0.2) is 0 Å². The van der Waals surface area contributed by atoms with E-state index in [1.807, 2.05) is 0 Å². The molecule has 1 saturated heterocycles. The van der Waals surface area contributed by atoms with E-state index in [4.69, 9.17) is 0 Å². The van der Waals surface area contributed by atoms with Gasteiger partial charge in [-0.2, -0.15) is 0 Å². The Balaban J connectivity index is 2.53. The number of piperazine rings is 1. The number of rotatable bonds is 3. The Morgan fingerprint density at radius 3 is 2.79 bits per heavy atom. The van der Waals surface area contributed by atoms with Crippen LogP contribution in [0.2, 0.25) is 0 Å². The van der Waals surface area contributed by atoms with Gasteiger partial charge in [0.25, 0.3) is 0 Å². The normalized spacial score (nSPS) is 21.7. The zero-order chi connectivity index (χ0) is 10.7. The Bertz CT molecular complexity index is 280. The first-order chi connectivity index (χ1) is 6.50. The van der Waals surface area contributed by atoms with Crippen LogP contribution in [0.25, 0.3) is 0 Å². The lowest BCUT2D eigenvalue weighted by Gasteiger charge is -2.28. The lowest BCUT2D eigenvalue weighted by molar-refractivity contribution is -0.140. The molecule has 6 heteroatoms. The summed E-state index contributed by atoms with van der Waals surface area (Å²) in [7, 11) is -0.964. The molecular weight excluding hydrogens is 204 g/mol. The fourth-order valence-electron chi connectivity index (χ4n) is 1.19. The minimum absolute atomic E-state index is 0.0574. The predicted molar refractivity (Wildman–Crippen MR) is 53.1 cm³/mol. The first-order valence-corrected chi connectivity index (χ1v) is 5.99. The van der Waals surface area contributed by atoms with Crippen LogP contribution in [0, 0.1) is 0 Å². The van der Waals surface area contributed by atoms with Crippen LogP contribution in [0.4, 0.5) is 0 Å². The second-order valence-corrected chi connectivity index (χ2v) is 5.16. The van der Waals surface area contributed by atoms with Gasteiger partial charge in [-0.3, -0.25) is 13.8 Å². The lowest BCUT2D eigenvalue weighted by Crippen LogP contribution is -2.53. The second kappa shape index (κ2) is 4.54. The third-order valence-electron chi connectivity index (χ3n) is 2.17. The minimum Gasteiger partial charge on any atom is -0.345 e.